The molecule has 0 nitrogen and oxygen atoms in total. The summed E-state index contributed by atoms with van der Waals surface area (Å²) in [7, 11) is 0. The normalized spacial score (nSPS) is 16.2. The first-order chi connectivity index (χ1) is 27.0. The molecule has 0 aromatic heterocycles. The van der Waals surface area contributed by atoms with Gasteiger partial charge < -0.3 is 0 Å². The fraction of sp³-hybridized carbons (Fsp3) is 0.222. The van der Waals surface area contributed by atoms with Crippen LogP contribution in [0.2, 0.25) is 0 Å². The van der Waals surface area contributed by atoms with E-state index >= 15 is 0 Å². The molecule has 8 rings (SSSR count). The summed E-state index contributed by atoms with van der Waals surface area (Å²) in [5.41, 5.74) is 13.9. The summed E-state index contributed by atoms with van der Waals surface area (Å²) in [6.07, 6.45) is 26.7. The predicted molar refractivity (Wildman–Crippen MR) is 250 cm³/mol. The summed E-state index contributed by atoms with van der Waals surface area (Å²) >= 11 is 2.16. The second kappa shape index (κ2) is 30.0. The zero-order valence-corrected chi connectivity index (χ0v) is 44.2. The van der Waals surface area contributed by atoms with Crippen LogP contribution in [0.4, 0.5) is 0 Å². The first-order valence-electron chi connectivity index (χ1n) is 19.4. The number of benzene rings is 4. The van der Waals surface area contributed by atoms with Crippen LogP contribution in [0.15, 0.2) is 191 Å². The Morgan fingerprint density at radius 2 is 0.707 bits per heavy atom. The van der Waals surface area contributed by atoms with Crippen molar-refractivity contribution in [3.05, 3.63) is 238 Å². The van der Waals surface area contributed by atoms with E-state index in [1.807, 2.05) is 24.3 Å². The number of hydrogen-bond donors (Lipinski definition) is 0. The molecule has 4 aromatic rings. The summed E-state index contributed by atoms with van der Waals surface area (Å²) in [6.45, 7) is 17.3. The van der Waals surface area contributed by atoms with Crippen molar-refractivity contribution in [1.29, 1.82) is 0 Å². The minimum absolute atomic E-state index is 0. The fourth-order valence-electron chi connectivity index (χ4n) is 5.76. The van der Waals surface area contributed by atoms with Crippen LogP contribution in [-0.2, 0) is 47.8 Å². The topological polar surface area (TPSA) is 0 Å². The first kappa shape index (κ1) is 52.9. The maximum atomic E-state index is 3.36. The molecule has 2 atom stereocenters. The molecule has 296 valence electrons. The Bertz CT molecular complexity index is 1820. The van der Waals surface area contributed by atoms with Crippen molar-refractivity contribution >= 4 is 31.3 Å². The van der Waals surface area contributed by atoms with Crippen LogP contribution < -0.4 is 0 Å². The van der Waals surface area contributed by atoms with E-state index in [2.05, 4.69) is 213 Å². The van der Waals surface area contributed by atoms with Crippen LogP contribution >= 0.6 is 24.8 Å². The summed E-state index contributed by atoms with van der Waals surface area (Å²) in [6, 6.07) is 42.4. The molecule has 0 fully saturated rings. The van der Waals surface area contributed by atoms with Gasteiger partial charge in [0, 0.05) is 0 Å². The SMILES string of the molecule is CC1=[C-]C(C)C(C)=C1C.CC1=[C-]C(C)C(C)=C1C.Cl.Cl.[C-]1=CC=CC1.[C-]1=CC=CC1.[Hf+2]=[C](c1ccccc1)c1ccccc1.[Hf+2]=[C](c1ccccc1)c1ccccc1. The average Bonchev–Trinajstić information content (AvgIpc) is 4.10. The fourth-order valence-corrected chi connectivity index (χ4v) is 8.15. The molecule has 4 aromatic carbocycles. The molecule has 0 saturated carbocycles. The van der Waals surface area contributed by atoms with Gasteiger partial charge in [0.05, 0.1) is 0 Å². The third-order valence-corrected chi connectivity index (χ3v) is 14.0. The molecule has 0 aliphatic heterocycles. The Morgan fingerprint density at radius 1 is 0.448 bits per heavy atom. The Kier molecular flexibility index (Phi) is 27.3. The summed E-state index contributed by atoms with van der Waals surface area (Å²) in [5.74, 6) is 1.12. The van der Waals surface area contributed by atoms with E-state index in [1.165, 1.54) is 62.2 Å². The molecule has 2 unspecified atom stereocenters. The van der Waals surface area contributed by atoms with E-state index in [0.29, 0.717) is 11.8 Å². The van der Waals surface area contributed by atoms with Crippen molar-refractivity contribution in [3.63, 3.8) is 0 Å². The average molecular weight is 1130 g/mol. The Balaban J connectivity index is 0.000000359. The standard InChI is InChI=1S/2C13H10.2C9H13.2C5H5.2ClH.2Hf/c2*1-3-7-12(8-4-1)11-13-9-5-2-6-10-13;2*1-6-5-7(2)9(4)8(6)3;2*1-2-4-5-3-1;;;;/h2*1-10H;2*6H,1-4H3;2*1-3H,4H2;2*1H;;/q;;4*-1;;;2*+2. The van der Waals surface area contributed by atoms with Gasteiger partial charge in [-0.3, -0.25) is 24.3 Å². The van der Waals surface area contributed by atoms with Gasteiger partial charge in [0.15, 0.2) is 0 Å². The number of hydrogen-bond acceptors (Lipinski definition) is 0. The maximum absolute atomic E-state index is 3.36. The van der Waals surface area contributed by atoms with Crippen molar-refractivity contribution in [3.8, 4) is 0 Å². The van der Waals surface area contributed by atoms with Crippen LogP contribution in [0.5, 0.6) is 0 Å². The summed E-state index contributed by atoms with van der Waals surface area (Å²) in [4.78, 5) is 0. The zero-order valence-electron chi connectivity index (χ0n) is 35.4. The van der Waals surface area contributed by atoms with Crippen LogP contribution in [0, 0.1) is 36.1 Å². The molecule has 0 amide bonds. The molecule has 4 aliphatic rings. The van der Waals surface area contributed by atoms with E-state index in [1.54, 1.807) is 0 Å². The van der Waals surface area contributed by atoms with Crippen molar-refractivity contribution < 1.29 is 47.8 Å². The number of rotatable bonds is 4. The van der Waals surface area contributed by atoms with E-state index in [4.69, 9.17) is 0 Å². The van der Waals surface area contributed by atoms with Crippen LogP contribution in [0.25, 0.3) is 0 Å². The second-order valence-corrected chi connectivity index (χ2v) is 17.4. The van der Waals surface area contributed by atoms with Crippen LogP contribution in [0.3, 0.4) is 0 Å². The molecule has 0 saturated heterocycles. The Hall–Kier alpha value is -3.14. The van der Waals surface area contributed by atoms with Crippen LogP contribution in [0.1, 0.15) is 90.5 Å². The van der Waals surface area contributed by atoms with E-state index in [9.17, 15) is 0 Å². The monoisotopic (exact) mass is 1140 g/mol. The molecule has 4 aliphatic carbocycles. The minimum atomic E-state index is 0. The molecular weight excluding hydrogens is 1080 g/mol. The second-order valence-electron chi connectivity index (χ2n) is 13.8. The van der Waals surface area contributed by atoms with Crippen molar-refractivity contribution in [2.45, 2.75) is 68.2 Å². The van der Waals surface area contributed by atoms with Crippen molar-refractivity contribution in [2.24, 2.45) is 11.8 Å². The van der Waals surface area contributed by atoms with Gasteiger partial charge in [-0.1, -0.05) is 53.4 Å². The third-order valence-electron chi connectivity index (χ3n) is 9.89. The van der Waals surface area contributed by atoms with E-state index in [-0.39, 0.29) is 24.8 Å². The van der Waals surface area contributed by atoms with Gasteiger partial charge in [-0.25, -0.2) is 35.5 Å². The Labute approximate surface area is 393 Å². The molecule has 58 heavy (non-hydrogen) atoms. The van der Waals surface area contributed by atoms with Gasteiger partial charge in [0.25, 0.3) is 0 Å². The molecule has 4 heteroatoms. The van der Waals surface area contributed by atoms with Gasteiger partial charge in [-0.2, -0.15) is 34.4 Å². The van der Waals surface area contributed by atoms with E-state index in [0.717, 1.165) is 60.6 Å². The third kappa shape index (κ3) is 18.8. The van der Waals surface area contributed by atoms with Gasteiger partial charge in [-0.15, -0.1) is 51.5 Å². The van der Waals surface area contributed by atoms with E-state index < -0.39 is 0 Å². The molecule has 0 spiro atoms. The molecular formula is C54H58Cl2Hf2. The summed E-state index contributed by atoms with van der Waals surface area (Å²) in [5, 5.41) is 0. The molecule has 0 radical (unpaired) electrons. The quantitative estimate of drug-likeness (QED) is 0.141. The van der Waals surface area contributed by atoms with Gasteiger partial charge in [-0.05, 0) is 0 Å². The van der Waals surface area contributed by atoms with Crippen molar-refractivity contribution in [2.75, 3.05) is 0 Å². The van der Waals surface area contributed by atoms with Gasteiger partial charge in [0.2, 0.25) is 0 Å². The number of allylic oxidation sites excluding steroid dienone is 16. The van der Waals surface area contributed by atoms with Gasteiger partial charge >= 0.3 is 198 Å². The summed E-state index contributed by atoms with van der Waals surface area (Å²) < 4.78 is 2.93. The van der Waals surface area contributed by atoms with Gasteiger partial charge in [0.1, 0.15) is 0 Å². The molecule has 0 N–H and O–H groups in total. The first-order valence-corrected chi connectivity index (χ1v) is 23.0. The molecule has 0 heterocycles. The van der Waals surface area contributed by atoms with Crippen LogP contribution in [-0.4, -0.2) is 6.51 Å². The molecule has 0 bridgehead atoms. The zero-order chi connectivity index (χ0) is 40.7. The Morgan fingerprint density at radius 3 is 0.828 bits per heavy atom. The number of halogens is 2. The predicted octanol–water partition coefficient (Wildman–Crippen LogP) is 14.5. The van der Waals surface area contributed by atoms with Crippen molar-refractivity contribution in [1.82, 2.24) is 0 Å².